The number of rotatable bonds is 5. The first-order chi connectivity index (χ1) is 11.3. The summed E-state index contributed by atoms with van der Waals surface area (Å²) in [6.07, 6.45) is 0.211. The van der Waals surface area contributed by atoms with E-state index >= 15 is 0 Å². The number of benzene rings is 1. The summed E-state index contributed by atoms with van der Waals surface area (Å²) in [6.45, 7) is 6.12. The maximum Gasteiger partial charge on any atom is 0.303 e. The fourth-order valence-corrected chi connectivity index (χ4v) is 3.03. The van der Waals surface area contributed by atoms with Gasteiger partial charge in [-0.3, -0.25) is 9.59 Å². The van der Waals surface area contributed by atoms with E-state index < -0.39 is 11.4 Å². The monoisotopic (exact) mass is 329 g/mol. The lowest BCUT2D eigenvalue weighted by Crippen LogP contribution is -2.49. The first-order valence-electron chi connectivity index (χ1n) is 8.06. The standard InChI is InChI=1S/C18H23N3O3/c1-18(2,12-17(23)24)11-16(22)21-9-7-20(8-10-21)15-6-4-3-5-14(15)13-19/h3-6H,7-12H2,1-2H3,(H,23,24). The number of carbonyl (C=O) groups is 2. The van der Waals surface area contributed by atoms with Crippen LogP contribution in [0.3, 0.4) is 0 Å². The smallest absolute Gasteiger partial charge is 0.303 e. The van der Waals surface area contributed by atoms with Gasteiger partial charge in [-0.15, -0.1) is 0 Å². The molecule has 0 spiro atoms. The van der Waals surface area contributed by atoms with Crippen molar-refractivity contribution in [2.24, 2.45) is 5.41 Å². The number of anilines is 1. The normalized spacial score (nSPS) is 15.0. The Labute approximate surface area is 142 Å². The van der Waals surface area contributed by atoms with Gasteiger partial charge < -0.3 is 14.9 Å². The van der Waals surface area contributed by atoms with Crippen LogP contribution in [0.25, 0.3) is 0 Å². The van der Waals surface area contributed by atoms with E-state index in [4.69, 9.17) is 5.11 Å². The van der Waals surface area contributed by atoms with Crippen molar-refractivity contribution in [2.45, 2.75) is 26.7 Å². The minimum atomic E-state index is -0.884. The minimum Gasteiger partial charge on any atom is -0.481 e. The van der Waals surface area contributed by atoms with Gasteiger partial charge in [0.15, 0.2) is 0 Å². The molecule has 1 aromatic rings. The van der Waals surface area contributed by atoms with E-state index in [2.05, 4.69) is 11.0 Å². The predicted molar refractivity (Wildman–Crippen MR) is 90.6 cm³/mol. The van der Waals surface area contributed by atoms with E-state index in [-0.39, 0.29) is 18.7 Å². The Morgan fingerprint density at radius 1 is 1.17 bits per heavy atom. The SMILES string of the molecule is CC(C)(CC(=O)O)CC(=O)N1CCN(c2ccccc2C#N)CC1. The fourth-order valence-electron chi connectivity index (χ4n) is 3.03. The number of nitrogens with zero attached hydrogens (tertiary/aromatic N) is 3. The number of hydrogen-bond donors (Lipinski definition) is 1. The summed E-state index contributed by atoms with van der Waals surface area (Å²) in [4.78, 5) is 27.2. The van der Waals surface area contributed by atoms with E-state index in [1.165, 1.54) is 0 Å². The zero-order valence-electron chi connectivity index (χ0n) is 14.2. The maximum atomic E-state index is 12.4. The van der Waals surface area contributed by atoms with Gasteiger partial charge >= 0.3 is 5.97 Å². The molecule has 1 saturated heterocycles. The molecule has 1 aromatic carbocycles. The van der Waals surface area contributed by atoms with Crippen molar-refractivity contribution in [1.82, 2.24) is 4.90 Å². The van der Waals surface area contributed by atoms with Gasteiger partial charge in [0, 0.05) is 32.6 Å². The molecule has 0 aliphatic carbocycles. The molecule has 128 valence electrons. The molecule has 24 heavy (non-hydrogen) atoms. The van der Waals surface area contributed by atoms with Crippen LogP contribution >= 0.6 is 0 Å². The number of carboxylic acids is 1. The number of hydrogen-bond acceptors (Lipinski definition) is 4. The second kappa shape index (κ2) is 7.35. The number of piperazine rings is 1. The molecule has 6 nitrogen and oxygen atoms in total. The number of nitriles is 1. The Hall–Kier alpha value is -2.55. The van der Waals surface area contributed by atoms with Crippen molar-refractivity contribution in [3.8, 4) is 6.07 Å². The first kappa shape index (κ1) is 17.8. The number of aliphatic carboxylic acids is 1. The predicted octanol–water partition coefficient (Wildman–Crippen LogP) is 2.10. The second-order valence-corrected chi connectivity index (χ2v) is 6.91. The quantitative estimate of drug-likeness (QED) is 0.894. The highest BCUT2D eigenvalue weighted by Gasteiger charge is 2.29. The van der Waals surface area contributed by atoms with Gasteiger partial charge in [0.1, 0.15) is 6.07 Å². The number of carboxylic acid groups (broad SMARTS) is 1. The Kier molecular flexibility index (Phi) is 5.45. The van der Waals surface area contributed by atoms with Crippen molar-refractivity contribution < 1.29 is 14.7 Å². The van der Waals surface area contributed by atoms with E-state index in [0.717, 1.165) is 5.69 Å². The highest BCUT2D eigenvalue weighted by atomic mass is 16.4. The van der Waals surface area contributed by atoms with E-state index in [1.54, 1.807) is 24.8 Å². The van der Waals surface area contributed by atoms with Gasteiger partial charge in [0.2, 0.25) is 5.91 Å². The Balaban J connectivity index is 1.94. The van der Waals surface area contributed by atoms with Crippen LogP contribution in [0.1, 0.15) is 32.3 Å². The molecule has 1 aliphatic heterocycles. The largest absolute Gasteiger partial charge is 0.481 e. The molecule has 1 aliphatic rings. The molecule has 0 atom stereocenters. The third kappa shape index (κ3) is 4.48. The van der Waals surface area contributed by atoms with E-state index in [0.29, 0.717) is 31.7 Å². The molecule has 0 aromatic heterocycles. The second-order valence-electron chi connectivity index (χ2n) is 6.91. The minimum absolute atomic E-state index is 0.00512. The van der Waals surface area contributed by atoms with Crippen molar-refractivity contribution in [3.05, 3.63) is 29.8 Å². The Bertz CT molecular complexity index is 656. The van der Waals surface area contributed by atoms with Crippen LogP contribution in [-0.4, -0.2) is 48.1 Å². The van der Waals surface area contributed by atoms with Crippen LogP contribution in [0, 0.1) is 16.7 Å². The fraction of sp³-hybridized carbons (Fsp3) is 0.500. The molecule has 6 heteroatoms. The summed E-state index contributed by atoms with van der Waals surface area (Å²) in [6, 6.07) is 9.66. The lowest BCUT2D eigenvalue weighted by molar-refractivity contribution is -0.140. The van der Waals surface area contributed by atoms with Gasteiger partial charge in [-0.1, -0.05) is 26.0 Å². The van der Waals surface area contributed by atoms with Crippen LogP contribution in [-0.2, 0) is 9.59 Å². The molecule has 0 bridgehead atoms. The highest BCUT2D eigenvalue weighted by Crippen LogP contribution is 2.27. The number of carbonyl (C=O) groups excluding carboxylic acids is 1. The van der Waals surface area contributed by atoms with Gasteiger partial charge in [-0.2, -0.15) is 5.26 Å². The average molecular weight is 329 g/mol. The molecule has 0 unspecified atom stereocenters. The molecular weight excluding hydrogens is 306 g/mol. The van der Waals surface area contributed by atoms with E-state index in [1.807, 2.05) is 18.2 Å². The summed E-state index contributed by atoms with van der Waals surface area (Å²) in [5, 5.41) is 18.1. The molecule has 1 N–H and O–H groups in total. The van der Waals surface area contributed by atoms with Crippen molar-refractivity contribution in [3.63, 3.8) is 0 Å². The summed E-state index contributed by atoms with van der Waals surface area (Å²) < 4.78 is 0. The molecule has 0 radical (unpaired) electrons. The summed E-state index contributed by atoms with van der Waals surface area (Å²) >= 11 is 0. The van der Waals surface area contributed by atoms with Crippen LogP contribution < -0.4 is 4.90 Å². The Morgan fingerprint density at radius 3 is 2.38 bits per heavy atom. The van der Waals surface area contributed by atoms with Crippen LogP contribution in [0.5, 0.6) is 0 Å². The Morgan fingerprint density at radius 2 is 1.79 bits per heavy atom. The van der Waals surface area contributed by atoms with Crippen LogP contribution in [0.4, 0.5) is 5.69 Å². The number of amides is 1. The van der Waals surface area contributed by atoms with Gasteiger partial charge in [0.05, 0.1) is 17.7 Å². The van der Waals surface area contributed by atoms with Crippen molar-refractivity contribution in [2.75, 3.05) is 31.1 Å². The molecule has 0 saturated carbocycles. The topological polar surface area (TPSA) is 84.6 Å². The van der Waals surface area contributed by atoms with E-state index in [9.17, 15) is 14.9 Å². The van der Waals surface area contributed by atoms with Gasteiger partial charge in [-0.25, -0.2) is 0 Å². The average Bonchev–Trinajstić information content (AvgIpc) is 2.53. The molecule has 1 heterocycles. The highest BCUT2D eigenvalue weighted by molar-refractivity contribution is 5.78. The zero-order chi connectivity index (χ0) is 17.7. The third-order valence-electron chi connectivity index (χ3n) is 4.26. The maximum absolute atomic E-state index is 12.4. The zero-order valence-corrected chi connectivity index (χ0v) is 14.2. The van der Waals surface area contributed by atoms with Crippen molar-refractivity contribution in [1.29, 1.82) is 5.26 Å². The van der Waals surface area contributed by atoms with Crippen LogP contribution in [0.15, 0.2) is 24.3 Å². The molecular formula is C18H23N3O3. The lowest BCUT2D eigenvalue weighted by atomic mass is 9.85. The first-order valence-corrected chi connectivity index (χ1v) is 8.06. The summed E-state index contributed by atoms with van der Waals surface area (Å²) in [5.41, 5.74) is 0.992. The van der Waals surface area contributed by atoms with Gasteiger partial charge in [0.25, 0.3) is 0 Å². The summed E-state index contributed by atoms with van der Waals surface area (Å²) in [7, 11) is 0. The summed E-state index contributed by atoms with van der Waals surface area (Å²) in [5.74, 6) is -0.889. The van der Waals surface area contributed by atoms with Crippen LogP contribution in [0.2, 0.25) is 0 Å². The molecule has 1 fully saturated rings. The lowest BCUT2D eigenvalue weighted by Gasteiger charge is -2.37. The third-order valence-corrected chi connectivity index (χ3v) is 4.26. The number of para-hydroxylation sites is 1. The molecule has 1 amide bonds. The molecule has 2 rings (SSSR count). The van der Waals surface area contributed by atoms with Gasteiger partial charge in [-0.05, 0) is 17.5 Å². The van der Waals surface area contributed by atoms with Crippen molar-refractivity contribution >= 4 is 17.6 Å².